The van der Waals surface area contributed by atoms with E-state index in [1.54, 1.807) is 19.9 Å². The summed E-state index contributed by atoms with van der Waals surface area (Å²) in [5.41, 5.74) is 2.12. The molecule has 0 aliphatic rings. The number of hydrogen-bond acceptors (Lipinski definition) is 5. The summed E-state index contributed by atoms with van der Waals surface area (Å²) in [7, 11) is 0. The molecule has 0 fully saturated rings. The average molecular weight is 320 g/mol. The summed E-state index contributed by atoms with van der Waals surface area (Å²) in [5.74, 6) is 0.0625. The lowest BCUT2D eigenvalue weighted by Gasteiger charge is -2.06. The van der Waals surface area contributed by atoms with E-state index in [1.807, 2.05) is 18.2 Å². The molecule has 1 amide bonds. The van der Waals surface area contributed by atoms with Crippen molar-refractivity contribution >= 4 is 29.3 Å². The van der Waals surface area contributed by atoms with Crippen molar-refractivity contribution in [2.24, 2.45) is 0 Å². The van der Waals surface area contributed by atoms with Crippen molar-refractivity contribution in [3.05, 3.63) is 47.2 Å². The summed E-state index contributed by atoms with van der Waals surface area (Å²) < 4.78 is 5.28. The number of aromatic nitrogens is 1. The smallest absolute Gasteiger partial charge is 0.313 e. The number of rotatable bonds is 6. The first-order chi connectivity index (χ1) is 10.5. The van der Waals surface area contributed by atoms with Gasteiger partial charge in [0.1, 0.15) is 0 Å². The van der Waals surface area contributed by atoms with E-state index >= 15 is 0 Å². The van der Waals surface area contributed by atoms with E-state index in [1.165, 1.54) is 11.8 Å². The van der Waals surface area contributed by atoms with Crippen molar-refractivity contribution in [3.63, 3.8) is 0 Å². The Kier molecular flexibility index (Phi) is 5.21. The number of nitrogens with zero attached hydrogens (tertiary/aromatic N) is 1. The Morgan fingerprint density at radius 1 is 1.36 bits per heavy atom. The number of hydrogen-bond donors (Lipinski definition) is 2. The molecule has 0 bridgehead atoms. The normalized spacial score (nSPS) is 10.5. The summed E-state index contributed by atoms with van der Waals surface area (Å²) in [6.45, 7) is 3.40. The minimum atomic E-state index is -0.842. The molecule has 0 spiro atoms. The highest BCUT2D eigenvalue weighted by Crippen LogP contribution is 2.18. The second kappa shape index (κ2) is 7.13. The third-order valence-corrected chi connectivity index (χ3v) is 3.78. The van der Waals surface area contributed by atoms with E-state index in [-0.39, 0.29) is 17.4 Å². The van der Waals surface area contributed by atoms with E-state index < -0.39 is 5.97 Å². The van der Waals surface area contributed by atoms with Crippen molar-refractivity contribution in [2.75, 3.05) is 11.1 Å². The summed E-state index contributed by atoms with van der Waals surface area (Å²) in [4.78, 5) is 26.7. The minimum Gasteiger partial charge on any atom is -0.481 e. The van der Waals surface area contributed by atoms with Crippen molar-refractivity contribution in [3.8, 4) is 0 Å². The van der Waals surface area contributed by atoms with Crippen molar-refractivity contribution in [1.82, 2.24) is 4.98 Å². The van der Waals surface area contributed by atoms with Gasteiger partial charge in [-0.2, -0.15) is 0 Å². The molecule has 1 aromatic carbocycles. The number of anilines is 1. The van der Waals surface area contributed by atoms with E-state index in [4.69, 9.17) is 9.52 Å². The molecule has 6 nitrogen and oxygen atoms in total. The van der Waals surface area contributed by atoms with Gasteiger partial charge in [-0.15, -0.1) is 11.8 Å². The van der Waals surface area contributed by atoms with Crippen LogP contribution < -0.4 is 5.32 Å². The molecular formula is C15H16N2O4S. The number of amides is 1. The third kappa shape index (κ3) is 4.36. The third-order valence-electron chi connectivity index (χ3n) is 2.79. The Balaban J connectivity index is 2.02. The Morgan fingerprint density at radius 2 is 2.14 bits per heavy atom. The van der Waals surface area contributed by atoms with Gasteiger partial charge in [-0.25, -0.2) is 4.98 Å². The molecule has 7 heteroatoms. The lowest BCUT2D eigenvalue weighted by molar-refractivity contribution is -0.133. The van der Waals surface area contributed by atoms with Crippen molar-refractivity contribution < 1.29 is 19.1 Å². The quantitative estimate of drug-likeness (QED) is 0.850. The van der Waals surface area contributed by atoms with E-state index in [0.29, 0.717) is 23.0 Å². The molecular weight excluding hydrogens is 304 g/mol. The fourth-order valence-corrected chi connectivity index (χ4v) is 2.62. The first-order valence-corrected chi connectivity index (χ1v) is 7.75. The molecule has 0 aliphatic heterocycles. The van der Waals surface area contributed by atoms with Crippen LogP contribution in [0.3, 0.4) is 0 Å². The van der Waals surface area contributed by atoms with Crippen LogP contribution in [0.2, 0.25) is 0 Å². The number of carbonyl (C=O) groups excluding carboxylic acids is 1. The number of thioether (sulfide) groups is 1. The molecule has 1 heterocycles. The second-order valence-corrected chi connectivity index (χ2v) is 5.67. The molecule has 0 unspecified atom stereocenters. The Bertz CT molecular complexity index is 697. The van der Waals surface area contributed by atoms with E-state index in [9.17, 15) is 9.59 Å². The van der Waals surface area contributed by atoms with Crippen LogP contribution in [0, 0.1) is 13.8 Å². The van der Waals surface area contributed by atoms with Crippen LogP contribution in [0.25, 0.3) is 0 Å². The molecule has 22 heavy (non-hydrogen) atoms. The van der Waals surface area contributed by atoms with E-state index in [2.05, 4.69) is 10.3 Å². The molecule has 0 saturated heterocycles. The van der Waals surface area contributed by atoms with Crippen LogP contribution >= 0.6 is 11.8 Å². The number of carbonyl (C=O) groups is 2. The van der Waals surface area contributed by atoms with E-state index in [0.717, 1.165) is 5.56 Å². The standard InChI is InChI=1S/C15H16N2O4S/c1-9-14(21-10(2)16-9)15(20)17-12-5-3-4-11(6-12)7-22-8-13(18)19/h3-6H,7-8H2,1-2H3,(H,17,20)(H,18,19). The molecule has 2 N–H and O–H groups in total. The maximum atomic E-state index is 12.1. The predicted octanol–water partition coefficient (Wildman–Crippen LogP) is 2.86. The van der Waals surface area contributed by atoms with Crippen LogP contribution in [0.4, 0.5) is 5.69 Å². The summed E-state index contributed by atoms with van der Waals surface area (Å²) in [6, 6.07) is 7.27. The van der Waals surface area contributed by atoms with Gasteiger partial charge in [0.25, 0.3) is 5.91 Å². The highest BCUT2D eigenvalue weighted by molar-refractivity contribution is 7.99. The molecule has 2 aromatic rings. The van der Waals surface area contributed by atoms with Crippen LogP contribution in [-0.2, 0) is 10.5 Å². The molecule has 0 aliphatic carbocycles. The summed E-state index contributed by atoms with van der Waals surface area (Å²) >= 11 is 1.30. The Morgan fingerprint density at radius 3 is 2.77 bits per heavy atom. The fourth-order valence-electron chi connectivity index (χ4n) is 1.92. The lowest BCUT2D eigenvalue weighted by Crippen LogP contribution is -2.12. The summed E-state index contributed by atoms with van der Waals surface area (Å²) in [5, 5.41) is 11.4. The number of benzene rings is 1. The van der Waals surface area contributed by atoms with Gasteiger partial charge in [0.2, 0.25) is 5.76 Å². The molecule has 0 atom stereocenters. The van der Waals surface area contributed by atoms with Crippen LogP contribution in [0.1, 0.15) is 27.7 Å². The lowest BCUT2D eigenvalue weighted by atomic mass is 10.2. The fraction of sp³-hybridized carbons (Fsp3) is 0.267. The largest absolute Gasteiger partial charge is 0.481 e. The highest BCUT2D eigenvalue weighted by atomic mass is 32.2. The zero-order chi connectivity index (χ0) is 16.1. The second-order valence-electron chi connectivity index (χ2n) is 4.69. The highest BCUT2D eigenvalue weighted by Gasteiger charge is 2.16. The van der Waals surface area contributed by atoms with Gasteiger partial charge < -0.3 is 14.8 Å². The maximum absolute atomic E-state index is 12.1. The van der Waals surface area contributed by atoms with Crippen LogP contribution in [0.5, 0.6) is 0 Å². The zero-order valence-corrected chi connectivity index (χ0v) is 13.1. The minimum absolute atomic E-state index is 0.0487. The monoisotopic (exact) mass is 320 g/mol. The number of nitrogens with one attached hydrogen (secondary N) is 1. The number of carboxylic acids is 1. The summed E-state index contributed by atoms with van der Waals surface area (Å²) in [6.07, 6.45) is 0. The first kappa shape index (κ1) is 16.1. The van der Waals surface area contributed by atoms with Crippen LogP contribution in [-0.4, -0.2) is 27.7 Å². The topological polar surface area (TPSA) is 92.4 Å². The Hall–Kier alpha value is -2.28. The van der Waals surface area contributed by atoms with Crippen molar-refractivity contribution in [2.45, 2.75) is 19.6 Å². The van der Waals surface area contributed by atoms with Crippen molar-refractivity contribution in [1.29, 1.82) is 0 Å². The molecule has 1 aromatic heterocycles. The van der Waals surface area contributed by atoms with Gasteiger partial charge in [-0.3, -0.25) is 9.59 Å². The van der Waals surface area contributed by atoms with Crippen LogP contribution in [0.15, 0.2) is 28.7 Å². The zero-order valence-electron chi connectivity index (χ0n) is 12.3. The maximum Gasteiger partial charge on any atom is 0.313 e. The molecule has 2 rings (SSSR count). The average Bonchev–Trinajstić information content (AvgIpc) is 2.78. The number of carboxylic acid groups (broad SMARTS) is 1. The predicted molar refractivity (Wildman–Crippen MR) is 84.2 cm³/mol. The van der Waals surface area contributed by atoms with Gasteiger partial charge in [0.05, 0.1) is 11.4 Å². The molecule has 0 radical (unpaired) electrons. The van der Waals surface area contributed by atoms with Gasteiger partial charge in [-0.05, 0) is 24.6 Å². The van der Waals surface area contributed by atoms with Gasteiger partial charge in [0, 0.05) is 18.4 Å². The molecule has 116 valence electrons. The number of aliphatic carboxylic acids is 1. The van der Waals surface area contributed by atoms with Gasteiger partial charge in [-0.1, -0.05) is 12.1 Å². The number of oxazole rings is 1. The molecule has 0 saturated carbocycles. The Labute approximate surface area is 131 Å². The first-order valence-electron chi connectivity index (χ1n) is 6.59. The van der Waals surface area contributed by atoms with Gasteiger partial charge in [0.15, 0.2) is 5.89 Å². The number of aryl methyl sites for hydroxylation is 2. The van der Waals surface area contributed by atoms with Gasteiger partial charge >= 0.3 is 5.97 Å². The SMILES string of the molecule is Cc1nc(C)c(C(=O)Nc2cccc(CSCC(=O)O)c2)o1.